The third-order valence-corrected chi connectivity index (χ3v) is 3.92. The molecule has 1 aromatic heterocycles. The number of hydrogen-bond donors (Lipinski definition) is 0. The summed E-state index contributed by atoms with van der Waals surface area (Å²) < 4.78 is 81.7. The van der Waals surface area contributed by atoms with Gasteiger partial charge in [0.2, 0.25) is 0 Å². The number of allylic oxidation sites excluding steroid dienone is 1. The van der Waals surface area contributed by atoms with Crippen molar-refractivity contribution in [1.29, 1.82) is 0 Å². The summed E-state index contributed by atoms with van der Waals surface area (Å²) in [6.07, 6.45) is -1.37. The minimum Gasteiger partial charge on any atom is -0.460 e. The zero-order valence-electron chi connectivity index (χ0n) is 12.0. The number of esters is 1. The molecule has 0 saturated heterocycles. The van der Waals surface area contributed by atoms with Gasteiger partial charge in [-0.05, 0) is 11.5 Å². The Morgan fingerprint density at radius 2 is 1.70 bits per heavy atom. The number of carbonyl (C=O) groups is 1. The zero-order chi connectivity index (χ0) is 17.5. The van der Waals surface area contributed by atoms with E-state index in [4.69, 9.17) is 0 Å². The van der Waals surface area contributed by atoms with Crippen LogP contribution in [0.5, 0.6) is 0 Å². The van der Waals surface area contributed by atoms with Crippen LogP contribution in [0.2, 0.25) is 0 Å². The van der Waals surface area contributed by atoms with Crippen molar-refractivity contribution in [3.63, 3.8) is 0 Å². The van der Waals surface area contributed by atoms with E-state index in [1.165, 1.54) is 13.8 Å². The number of aromatic nitrogens is 1. The van der Waals surface area contributed by atoms with E-state index in [2.05, 4.69) is 9.72 Å². The number of ether oxygens (including phenoxy) is 1. The van der Waals surface area contributed by atoms with Gasteiger partial charge in [0.15, 0.2) is 11.6 Å². The topological polar surface area (TPSA) is 39.2 Å². The van der Waals surface area contributed by atoms with Gasteiger partial charge in [-0.3, -0.25) is 4.79 Å². The van der Waals surface area contributed by atoms with Crippen molar-refractivity contribution in [3.05, 3.63) is 41.2 Å². The molecular weight excluding hydrogens is 328 g/mol. The van der Waals surface area contributed by atoms with Crippen molar-refractivity contribution in [1.82, 2.24) is 4.98 Å². The van der Waals surface area contributed by atoms with E-state index in [1.54, 1.807) is 0 Å². The van der Waals surface area contributed by atoms with E-state index < -0.39 is 65.0 Å². The summed E-state index contributed by atoms with van der Waals surface area (Å²) in [7, 11) is 0. The molecule has 0 radical (unpaired) electrons. The Balaban J connectivity index is 2.11. The quantitative estimate of drug-likeness (QED) is 0.477. The van der Waals surface area contributed by atoms with E-state index in [-0.39, 0.29) is 0 Å². The van der Waals surface area contributed by atoms with Gasteiger partial charge in [-0.25, -0.2) is 8.78 Å². The lowest BCUT2D eigenvalue weighted by Crippen LogP contribution is -2.14. The summed E-state index contributed by atoms with van der Waals surface area (Å²) in [6.45, 7) is 2.00. The second-order valence-corrected chi connectivity index (χ2v) is 5.69. The van der Waals surface area contributed by atoms with Crippen LogP contribution in [0.1, 0.15) is 19.4 Å². The van der Waals surface area contributed by atoms with Gasteiger partial charge in [-0.2, -0.15) is 22.5 Å². The normalized spacial score (nSPS) is 21.7. The molecule has 126 valence electrons. The molecule has 3 nitrogen and oxygen atoms in total. The summed E-state index contributed by atoms with van der Waals surface area (Å²) in [5, 5.41) is 0. The molecule has 1 aliphatic rings. The first-order valence-corrected chi connectivity index (χ1v) is 6.45. The van der Waals surface area contributed by atoms with Gasteiger partial charge in [0, 0.05) is 5.92 Å². The van der Waals surface area contributed by atoms with Crippen molar-refractivity contribution in [2.75, 3.05) is 0 Å². The van der Waals surface area contributed by atoms with Crippen LogP contribution in [0.3, 0.4) is 0 Å². The molecule has 0 aromatic carbocycles. The summed E-state index contributed by atoms with van der Waals surface area (Å²) in [5.74, 6) is -10.0. The van der Waals surface area contributed by atoms with Gasteiger partial charge < -0.3 is 4.74 Å². The van der Waals surface area contributed by atoms with E-state index in [0.717, 1.165) is 0 Å². The second-order valence-electron chi connectivity index (χ2n) is 5.69. The van der Waals surface area contributed by atoms with E-state index in [9.17, 15) is 31.1 Å². The van der Waals surface area contributed by atoms with Crippen LogP contribution in [0.25, 0.3) is 0 Å². The molecule has 0 spiro atoms. The molecule has 0 amide bonds. The number of rotatable bonds is 4. The highest BCUT2D eigenvalue weighted by molar-refractivity contribution is 5.78. The maximum atomic E-state index is 13.4. The summed E-state index contributed by atoms with van der Waals surface area (Å²) in [4.78, 5) is 14.2. The highest BCUT2D eigenvalue weighted by Gasteiger charge is 2.62. The largest absolute Gasteiger partial charge is 0.460 e. The Labute approximate surface area is 127 Å². The third kappa shape index (κ3) is 3.18. The van der Waals surface area contributed by atoms with Gasteiger partial charge in [-0.1, -0.05) is 13.8 Å². The van der Waals surface area contributed by atoms with Crippen molar-refractivity contribution < 1.29 is 35.9 Å². The Hall–Kier alpha value is -2.06. The maximum Gasteiger partial charge on any atom is 0.310 e. The molecule has 0 N–H and O–H groups in total. The standard InChI is InChI=1S/C14H11F6NO2/c1-14(2)6(3-7(15)16)8(14)13(22)23-4-5-9(17)11(19)21-12(20)10(5)18/h3,6,8H,4H2,1-2H3/t6-,8-/m0/s1. The highest BCUT2D eigenvalue weighted by Crippen LogP contribution is 2.60. The predicted molar refractivity (Wildman–Crippen MR) is 64.9 cm³/mol. The van der Waals surface area contributed by atoms with E-state index >= 15 is 0 Å². The molecule has 0 aliphatic heterocycles. The average Bonchev–Trinajstić information content (AvgIpc) is 2.96. The minimum absolute atomic E-state index is 0.596. The first kappa shape index (κ1) is 17.3. The molecule has 1 aliphatic carbocycles. The molecule has 1 saturated carbocycles. The molecule has 9 heteroatoms. The monoisotopic (exact) mass is 339 g/mol. The molecule has 0 unspecified atom stereocenters. The minimum atomic E-state index is -1.96. The fourth-order valence-electron chi connectivity index (χ4n) is 2.46. The SMILES string of the molecule is CC1(C)[C@H](C(=O)OCc2c(F)c(F)nc(F)c2F)[C@@H]1C=C(F)F. The Kier molecular flexibility index (Phi) is 4.41. The fourth-order valence-corrected chi connectivity index (χ4v) is 2.46. The van der Waals surface area contributed by atoms with Crippen molar-refractivity contribution >= 4 is 5.97 Å². The summed E-state index contributed by atoms with van der Waals surface area (Å²) in [6, 6.07) is 0. The maximum absolute atomic E-state index is 13.4. The molecule has 2 atom stereocenters. The van der Waals surface area contributed by atoms with Crippen LogP contribution in [-0.4, -0.2) is 11.0 Å². The molecule has 1 fully saturated rings. The third-order valence-electron chi connectivity index (χ3n) is 3.92. The van der Waals surface area contributed by atoms with E-state index in [0.29, 0.717) is 6.08 Å². The first-order valence-electron chi connectivity index (χ1n) is 6.45. The first-order chi connectivity index (χ1) is 10.6. The summed E-state index contributed by atoms with van der Waals surface area (Å²) in [5.41, 5.74) is -1.95. The average molecular weight is 339 g/mol. The van der Waals surface area contributed by atoms with Crippen LogP contribution in [-0.2, 0) is 16.1 Å². The number of carbonyl (C=O) groups excluding carboxylic acids is 1. The van der Waals surface area contributed by atoms with Gasteiger partial charge >= 0.3 is 5.97 Å². The lowest BCUT2D eigenvalue weighted by atomic mass is 10.1. The molecular formula is C14H11F6NO2. The lowest BCUT2D eigenvalue weighted by molar-refractivity contribution is -0.147. The second kappa shape index (κ2) is 5.86. The molecule has 0 bridgehead atoms. The molecule has 1 heterocycles. The Morgan fingerprint density at radius 1 is 1.17 bits per heavy atom. The van der Waals surface area contributed by atoms with Crippen molar-refractivity contribution in [2.45, 2.75) is 20.5 Å². The number of nitrogens with zero attached hydrogens (tertiary/aromatic N) is 1. The van der Waals surface area contributed by atoms with Crippen LogP contribution in [0.4, 0.5) is 26.3 Å². The van der Waals surface area contributed by atoms with Crippen LogP contribution >= 0.6 is 0 Å². The molecule has 1 aromatic rings. The van der Waals surface area contributed by atoms with Gasteiger partial charge in [-0.15, -0.1) is 0 Å². The van der Waals surface area contributed by atoms with Gasteiger partial charge in [0.05, 0.1) is 11.5 Å². The smallest absolute Gasteiger partial charge is 0.310 e. The van der Waals surface area contributed by atoms with Gasteiger partial charge in [0.1, 0.15) is 6.61 Å². The zero-order valence-corrected chi connectivity index (χ0v) is 12.0. The Morgan fingerprint density at radius 3 is 2.17 bits per heavy atom. The van der Waals surface area contributed by atoms with Crippen LogP contribution in [0.15, 0.2) is 12.2 Å². The van der Waals surface area contributed by atoms with Crippen LogP contribution in [0, 0.1) is 40.8 Å². The fraction of sp³-hybridized carbons (Fsp3) is 0.429. The number of hydrogen-bond acceptors (Lipinski definition) is 3. The Bertz CT molecular complexity index is 658. The van der Waals surface area contributed by atoms with E-state index in [1.807, 2.05) is 0 Å². The van der Waals surface area contributed by atoms with Gasteiger partial charge in [0.25, 0.3) is 18.0 Å². The molecule has 23 heavy (non-hydrogen) atoms. The van der Waals surface area contributed by atoms with Crippen molar-refractivity contribution in [3.8, 4) is 0 Å². The van der Waals surface area contributed by atoms with Crippen molar-refractivity contribution in [2.24, 2.45) is 17.3 Å². The predicted octanol–water partition coefficient (Wildman–Crippen LogP) is 3.73. The summed E-state index contributed by atoms with van der Waals surface area (Å²) >= 11 is 0. The number of pyridine rings is 1. The molecule has 2 rings (SSSR count). The van der Waals surface area contributed by atoms with Crippen LogP contribution < -0.4 is 0 Å². The lowest BCUT2D eigenvalue weighted by Gasteiger charge is -2.08. The number of halogens is 6. The highest BCUT2D eigenvalue weighted by atomic mass is 19.3.